The zero-order valence-electron chi connectivity index (χ0n) is 30.8. The van der Waals surface area contributed by atoms with Crippen molar-refractivity contribution in [3.05, 3.63) is 133 Å². The Bertz CT molecular complexity index is 1480. The fourth-order valence-corrected chi connectivity index (χ4v) is 16.4. The first kappa shape index (κ1) is 38.4. The van der Waals surface area contributed by atoms with Crippen LogP contribution in [0.3, 0.4) is 0 Å². The largest absolute Gasteiger partial charge is 0.407 e. The second-order valence-electron chi connectivity index (χ2n) is 15.2. The minimum Gasteiger partial charge on any atom is -0.407 e. The molecule has 0 radical (unpaired) electrons. The lowest BCUT2D eigenvalue weighted by Crippen LogP contribution is -2.66. The summed E-state index contributed by atoms with van der Waals surface area (Å²) >= 11 is 0. The van der Waals surface area contributed by atoms with E-state index in [-0.39, 0.29) is 15.9 Å². The number of ketones is 1. The maximum Gasteiger partial charge on any atom is 0.261 e. The smallest absolute Gasteiger partial charge is 0.261 e. The molecule has 0 aromatic heterocycles. The predicted octanol–water partition coefficient (Wildman–Crippen LogP) is 9.00. The van der Waals surface area contributed by atoms with Gasteiger partial charge in [-0.05, 0) is 62.6 Å². The summed E-state index contributed by atoms with van der Waals surface area (Å²) in [6.07, 6.45) is 10.2. The minimum absolute atomic E-state index is 0.0119. The maximum absolute atomic E-state index is 12.7. The summed E-state index contributed by atoms with van der Waals surface area (Å²) in [5.74, 6) is 0.219. The van der Waals surface area contributed by atoms with Gasteiger partial charge in [-0.1, -0.05) is 182 Å². The molecule has 0 aliphatic rings. The lowest BCUT2D eigenvalue weighted by molar-refractivity contribution is -0.114. The molecule has 5 heteroatoms. The van der Waals surface area contributed by atoms with Crippen molar-refractivity contribution < 1.29 is 13.6 Å². The number of hydrogen-bond acceptors (Lipinski definition) is 3. The second kappa shape index (κ2) is 18.0. The topological polar surface area (TPSA) is 35.5 Å². The monoisotopic (exact) mass is 690 g/mol. The van der Waals surface area contributed by atoms with Crippen LogP contribution in [0.5, 0.6) is 0 Å². The molecule has 0 saturated carbocycles. The summed E-state index contributed by atoms with van der Waals surface area (Å²) in [6, 6.07) is 43.2. The van der Waals surface area contributed by atoms with Gasteiger partial charge in [0.1, 0.15) is 0 Å². The van der Waals surface area contributed by atoms with Crippen molar-refractivity contribution in [2.75, 3.05) is 13.2 Å². The summed E-state index contributed by atoms with van der Waals surface area (Å²) in [6.45, 7) is 15.3. The van der Waals surface area contributed by atoms with E-state index in [0.29, 0.717) is 13.0 Å². The Morgan fingerprint density at radius 1 is 0.510 bits per heavy atom. The lowest BCUT2D eigenvalue weighted by Gasteiger charge is -2.43. The molecule has 0 amide bonds. The molecule has 0 atom stereocenters. The zero-order chi connectivity index (χ0) is 35.2. The van der Waals surface area contributed by atoms with E-state index in [9.17, 15) is 4.79 Å². The molecular formula is C44H58O3Si2. The molecule has 260 valence electrons. The van der Waals surface area contributed by atoms with Crippen LogP contribution in [0.1, 0.15) is 86.5 Å². The van der Waals surface area contributed by atoms with Crippen molar-refractivity contribution in [3.63, 3.8) is 0 Å². The third-order valence-corrected chi connectivity index (χ3v) is 19.7. The van der Waals surface area contributed by atoms with Gasteiger partial charge < -0.3 is 8.85 Å². The molecule has 0 aliphatic carbocycles. The van der Waals surface area contributed by atoms with Crippen LogP contribution in [0.15, 0.2) is 133 Å². The Morgan fingerprint density at radius 3 is 1.22 bits per heavy atom. The fourth-order valence-electron chi connectivity index (χ4n) is 7.23. The number of unbranched alkanes of at least 4 members (excludes halogenated alkanes) is 4. The zero-order valence-corrected chi connectivity index (χ0v) is 32.8. The number of carbonyl (C=O) groups is 1. The van der Waals surface area contributed by atoms with E-state index >= 15 is 0 Å². The van der Waals surface area contributed by atoms with Gasteiger partial charge in [0.05, 0.1) is 0 Å². The molecular weight excluding hydrogens is 633 g/mol. The Balaban J connectivity index is 1.22. The van der Waals surface area contributed by atoms with Gasteiger partial charge in [0, 0.05) is 19.6 Å². The van der Waals surface area contributed by atoms with Crippen LogP contribution in [-0.4, -0.2) is 35.6 Å². The van der Waals surface area contributed by atoms with Gasteiger partial charge in [0.25, 0.3) is 16.6 Å². The molecule has 0 N–H and O–H groups in total. The summed E-state index contributed by atoms with van der Waals surface area (Å²) in [7, 11) is -5.00. The Hall–Kier alpha value is -3.36. The summed E-state index contributed by atoms with van der Waals surface area (Å²) < 4.78 is 14.0. The summed E-state index contributed by atoms with van der Waals surface area (Å²) in [4.78, 5) is 12.7. The van der Waals surface area contributed by atoms with Crippen LogP contribution in [0.4, 0.5) is 0 Å². The SMILES string of the molecule is CC(C)(C)[Si](OCCC/C=C/C(=O)CCCCCCO[Si](c1ccccc1)(c1ccccc1)C(C)(C)C)(c1ccccc1)c1ccccc1. The number of allylic oxidation sites excluding steroid dienone is 2. The van der Waals surface area contributed by atoms with Crippen molar-refractivity contribution in [1.29, 1.82) is 0 Å². The van der Waals surface area contributed by atoms with Crippen LogP contribution >= 0.6 is 0 Å². The highest BCUT2D eigenvalue weighted by Gasteiger charge is 2.51. The molecule has 3 nitrogen and oxygen atoms in total. The second-order valence-corrected chi connectivity index (χ2v) is 23.8. The highest BCUT2D eigenvalue weighted by Crippen LogP contribution is 2.38. The van der Waals surface area contributed by atoms with E-state index in [0.717, 1.165) is 45.1 Å². The molecule has 0 fully saturated rings. The standard InChI is InChI=1S/C44H58O3Si2/c1-43(2,3)48(39-28-16-9-17-29-39,40-30-18-10-19-31-40)46-36-24-8-7-14-26-38(45)27-15-13-25-37-47-49(44(4,5)6,41-32-20-11-21-33-41)42-34-22-12-23-35-42/h9-12,15-23,27-35H,7-8,13-14,24-26,36-37H2,1-6H3/b27-15+. The Labute approximate surface area is 299 Å². The van der Waals surface area contributed by atoms with Crippen molar-refractivity contribution in [3.8, 4) is 0 Å². The lowest BCUT2D eigenvalue weighted by atomic mass is 10.1. The molecule has 0 heterocycles. The van der Waals surface area contributed by atoms with E-state index in [4.69, 9.17) is 8.85 Å². The molecule has 49 heavy (non-hydrogen) atoms. The van der Waals surface area contributed by atoms with Gasteiger partial charge in [-0.3, -0.25) is 4.79 Å². The van der Waals surface area contributed by atoms with Crippen LogP contribution in [-0.2, 0) is 13.6 Å². The number of benzene rings is 4. The van der Waals surface area contributed by atoms with Crippen LogP contribution < -0.4 is 20.7 Å². The molecule has 0 unspecified atom stereocenters. The van der Waals surface area contributed by atoms with Gasteiger partial charge in [-0.15, -0.1) is 0 Å². The van der Waals surface area contributed by atoms with Crippen molar-refractivity contribution in [1.82, 2.24) is 0 Å². The number of rotatable bonds is 18. The van der Waals surface area contributed by atoms with Gasteiger partial charge in [0.2, 0.25) is 0 Å². The predicted molar refractivity (Wildman–Crippen MR) is 214 cm³/mol. The highest BCUT2D eigenvalue weighted by atomic mass is 28.4. The molecule has 0 saturated heterocycles. The van der Waals surface area contributed by atoms with Crippen LogP contribution in [0.2, 0.25) is 10.1 Å². The quantitative estimate of drug-likeness (QED) is 0.0594. The first-order valence-electron chi connectivity index (χ1n) is 18.2. The third kappa shape index (κ3) is 9.67. The molecule has 0 bridgehead atoms. The van der Waals surface area contributed by atoms with E-state index in [2.05, 4.69) is 163 Å². The molecule has 0 aliphatic heterocycles. The molecule has 4 aromatic carbocycles. The molecule has 4 rings (SSSR count). The third-order valence-electron chi connectivity index (χ3n) is 9.61. The van der Waals surface area contributed by atoms with Crippen LogP contribution in [0.25, 0.3) is 0 Å². The van der Waals surface area contributed by atoms with Gasteiger partial charge in [-0.2, -0.15) is 0 Å². The first-order valence-corrected chi connectivity index (χ1v) is 22.0. The van der Waals surface area contributed by atoms with E-state index in [1.165, 1.54) is 20.7 Å². The fraction of sp³-hybridized carbons (Fsp3) is 0.386. The van der Waals surface area contributed by atoms with Crippen molar-refractivity contribution in [2.24, 2.45) is 0 Å². The van der Waals surface area contributed by atoms with Gasteiger partial charge in [0.15, 0.2) is 5.78 Å². The number of carbonyl (C=O) groups excluding carboxylic acids is 1. The van der Waals surface area contributed by atoms with E-state index < -0.39 is 16.6 Å². The maximum atomic E-state index is 12.7. The van der Waals surface area contributed by atoms with Crippen molar-refractivity contribution in [2.45, 2.75) is 96.6 Å². The average Bonchev–Trinajstić information content (AvgIpc) is 3.09. The Morgan fingerprint density at radius 2 is 0.857 bits per heavy atom. The average molecular weight is 691 g/mol. The van der Waals surface area contributed by atoms with Crippen LogP contribution in [0, 0.1) is 0 Å². The Kier molecular flexibility index (Phi) is 14.2. The van der Waals surface area contributed by atoms with Gasteiger partial charge >= 0.3 is 0 Å². The summed E-state index contributed by atoms with van der Waals surface area (Å²) in [5, 5.41) is 5.20. The molecule has 4 aromatic rings. The van der Waals surface area contributed by atoms with E-state index in [1.54, 1.807) is 6.08 Å². The minimum atomic E-state index is -2.52. The highest BCUT2D eigenvalue weighted by molar-refractivity contribution is 7.00. The number of hydrogen-bond donors (Lipinski definition) is 0. The van der Waals surface area contributed by atoms with E-state index in [1.807, 2.05) is 6.08 Å². The summed E-state index contributed by atoms with van der Waals surface area (Å²) in [5.41, 5.74) is 0. The van der Waals surface area contributed by atoms with Crippen molar-refractivity contribution >= 4 is 43.2 Å². The molecule has 0 spiro atoms. The normalized spacial score (nSPS) is 12.8. The first-order chi connectivity index (χ1) is 23.5. The van der Waals surface area contributed by atoms with Gasteiger partial charge in [-0.25, -0.2) is 0 Å².